The molecule has 1 aromatic carbocycles. The fourth-order valence-electron chi connectivity index (χ4n) is 2.52. The van der Waals surface area contributed by atoms with Gasteiger partial charge in [0.2, 0.25) is 5.95 Å². The average molecular weight is 296 g/mol. The zero-order valence-electron chi connectivity index (χ0n) is 13.1. The van der Waals surface area contributed by atoms with Crippen LogP contribution < -0.4 is 10.6 Å². The van der Waals surface area contributed by atoms with Crippen LogP contribution in [-0.2, 0) is 0 Å². The summed E-state index contributed by atoms with van der Waals surface area (Å²) in [5.74, 6) is 0.309. The van der Waals surface area contributed by atoms with Crippen molar-refractivity contribution in [3.05, 3.63) is 46.8 Å². The third kappa shape index (κ3) is 3.24. The number of carbonyl (C=O) groups excluding carboxylic acids is 1. The molecular formula is C17H20N4O. The molecule has 1 aliphatic carbocycles. The Balaban J connectivity index is 1.79. The molecule has 0 atom stereocenters. The molecular weight excluding hydrogens is 276 g/mol. The fraction of sp³-hybridized carbons (Fsp3) is 0.353. The van der Waals surface area contributed by atoms with Gasteiger partial charge in [0.05, 0.1) is 0 Å². The Bertz CT molecular complexity index is 699. The first-order chi connectivity index (χ1) is 10.5. The maximum absolute atomic E-state index is 12.4. The second kappa shape index (κ2) is 5.75. The second-order valence-corrected chi connectivity index (χ2v) is 5.91. The molecule has 1 aromatic heterocycles. The predicted octanol–water partition coefficient (Wildman–Crippen LogP) is 3.23. The van der Waals surface area contributed by atoms with Gasteiger partial charge in [-0.1, -0.05) is 17.7 Å². The van der Waals surface area contributed by atoms with Crippen LogP contribution in [0.5, 0.6) is 0 Å². The first-order valence-corrected chi connectivity index (χ1v) is 7.52. The summed E-state index contributed by atoms with van der Waals surface area (Å²) in [6, 6.07) is 6.21. The van der Waals surface area contributed by atoms with Crippen LogP contribution in [0.25, 0.3) is 0 Å². The minimum atomic E-state index is -0.212. The maximum Gasteiger partial charge on any atom is 0.274 e. The Morgan fingerprint density at radius 1 is 1.18 bits per heavy atom. The van der Waals surface area contributed by atoms with E-state index in [1.54, 1.807) is 12.3 Å². The summed E-state index contributed by atoms with van der Waals surface area (Å²) in [5.41, 5.74) is 4.52. The summed E-state index contributed by atoms with van der Waals surface area (Å²) in [7, 11) is 0. The van der Waals surface area contributed by atoms with E-state index in [0.29, 0.717) is 17.7 Å². The lowest BCUT2D eigenvalue weighted by atomic mass is 10.1. The van der Waals surface area contributed by atoms with Gasteiger partial charge < -0.3 is 10.6 Å². The molecule has 1 aliphatic rings. The summed E-state index contributed by atoms with van der Waals surface area (Å²) in [4.78, 5) is 20.9. The third-order valence-corrected chi connectivity index (χ3v) is 3.71. The third-order valence-electron chi connectivity index (χ3n) is 3.71. The average Bonchev–Trinajstić information content (AvgIpc) is 3.27. The smallest absolute Gasteiger partial charge is 0.274 e. The number of nitrogens with zero attached hydrogens (tertiary/aromatic N) is 2. The molecule has 2 N–H and O–H groups in total. The van der Waals surface area contributed by atoms with Crippen LogP contribution in [0, 0.1) is 20.8 Å². The van der Waals surface area contributed by atoms with E-state index in [1.807, 2.05) is 20.8 Å². The fourth-order valence-corrected chi connectivity index (χ4v) is 2.52. The van der Waals surface area contributed by atoms with Crippen molar-refractivity contribution in [2.75, 3.05) is 10.6 Å². The van der Waals surface area contributed by atoms with E-state index in [2.05, 4.69) is 32.7 Å². The van der Waals surface area contributed by atoms with E-state index < -0.39 is 0 Å². The van der Waals surface area contributed by atoms with Crippen LogP contribution in [0.15, 0.2) is 24.4 Å². The highest BCUT2D eigenvalue weighted by Gasteiger charge is 2.22. The van der Waals surface area contributed by atoms with Gasteiger partial charge in [0.25, 0.3) is 5.91 Å². The molecule has 0 unspecified atom stereocenters. The summed E-state index contributed by atoms with van der Waals surface area (Å²) < 4.78 is 0. The quantitative estimate of drug-likeness (QED) is 0.909. The minimum Gasteiger partial charge on any atom is -0.351 e. The largest absolute Gasteiger partial charge is 0.351 e. The Kier molecular flexibility index (Phi) is 3.79. The van der Waals surface area contributed by atoms with Crippen molar-refractivity contribution in [1.82, 2.24) is 9.97 Å². The number of aromatic nitrogens is 2. The number of carbonyl (C=O) groups is 1. The molecule has 2 aromatic rings. The molecule has 5 nitrogen and oxygen atoms in total. The number of anilines is 2. The normalized spacial score (nSPS) is 13.8. The van der Waals surface area contributed by atoms with Crippen molar-refractivity contribution in [3.63, 3.8) is 0 Å². The molecule has 1 heterocycles. The van der Waals surface area contributed by atoms with Gasteiger partial charge in [-0.2, -0.15) is 0 Å². The molecule has 0 spiro atoms. The molecule has 1 fully saturated rings. The first-order valence-electron chi connectivity index (χ1n) is 7.52. The SMILES string of the molecule is Cc1cc(C)c(NC(=O)c2ccnc(NC3CC3)n2)c(C)c1. The number of hydrogen-bond donors (Lipinski definition) is 2. The van der Waals surface area contributed by atoms with Crippen LogP contribution in [0.3, 0.4) is 0 Å². The molecule has 5 heteroatoms. The Labute approximate surface area is 130 Å². The predicted molar refractivity (Wildman–Crippen MR) is 87.3 cm³/mol. The van der Waals surface area contributed by atoms with Gasteiger partial charge in [0.1, 0.15) is 5.69 Å². The molecule has 0 aliphatic heterocycles. The van der Waals surface area contributed by atoms with Crippen LogP contribution >= 0.6 is 0 Å². The number of benzene rings is 1. The van der Waals surface area contributed by atoms with Gasteiger partial charge in [-0.3, -0.25) is 4.79 Å². The molecule has 114 valence electrons. The number of nitrogens with one attached hydrogen (secondary N) is 2. The number of amides is 1. The van der Waals surface area contributed by atoms with Gasteiger partial charge in [-0.15, -0.1) is 0 Å². The first kappa shape index (κ1) is 14.5. The highest BCUT2D eigenvalue weighted by molar-refractivity contribution is 6.03. The molecule has 0 saturated heterocycles. The molecule has 1 amide bonds. The zero-order valence-corrected chi connectivity index (χ0v) is 13.1. The van der Waals surface area contributed by atoms with Crippen LogP contribution in [-0.4, -0.2) is 21.9 Å². The van der Waals surface area contributed by atoms with E-state index >= 15 is 0 Å². The van der Waals surface area contributed by atoms with Crippen molar-refractivity contribution < 1.29 is 4.79 Å². The van der Waals surface area contributed by atoms with E-state index in [0.717, 1.165) is 29.7 Å². The van der Waals surface area contributed by atoms with Crippen molar-refractivity contribution in [3.8, 4) is 0 Å². The lowest BCUT2D eigenvalue weighted by molar-refractivity contribution is 0.102. The van der Waals surface area contributed by atoms with Gasteiger partial charge in [-0.25, -0.2) is 9.97 Å². The summed E-state index contributed by atoms with van der Waals surface area (Å²) in [5, 5.41) is 6.16. The van der Waals surface area contributed by atoms with E-state index in [4.69, 9.17) is 0 Å². The molecule has 0 bridgehead atoms. The van der Waals surface area contributed by atoms with E-state index in [-0.39, 0.29) is 5.91 Å². The standard InChI is InChI=1S/C17H20N4O/c1-10-8-11(2)15(12(3)9-10)21-16(22)14-6-7-18-17(20-14)19-13-4-5-13/h6-9,13H,4-5H2,1-3H3,(H,21,22)(H,18,19,20). The van der Waals surface area contributed by atoms with Crippen molar-refractivity contribution in [1.29, 1.82) is 0 Å². The summed E-state index contributed by atoms with van der Waals surface area (Å²) >= 11 is 0. The monoisotopic (exact) mass is 296 g/mol. The summed E-state index contributed by atoms with van der Waals surface area (Å²) in [6.07, 6.45) is 3.89. The highest BCUT2D eigenvalue weighted by Crippen LogP contribution is 2.24. The van der Waals surface area contributed by atoms with Crippen LogP contribution in [0.1, 0.15) is 40.0 Å². The lowest BCUT2D eigenvalue weighted by Gasteiger charge is -2.13. The van der Waals surface area contributed by atoms with E-state index in [1.165, 1.54) is 5.56 Å². The van der Waals surface area contributed by atoms with Gasteiger partial charge in [0, 0.05) is 17.9 Å². The van der Waals surface area contributed by atoms with Gasteiger partial charge >= 0.3 is 0 Å². The van der Waals surface area contributed by atoms with Gasteiger partial charge in [0.15, 0.2) is 0 Å². The minimum absolute atomic E-state index is 0.212. The maximum atomic E-state index is 12.4. The van der Waals surface area contributed by atoms with Crippen molar-refractivity contribution >= 4 is 17.5 Å². The molecule has 3 rings (SSSR count). The number of rotatable bonds is 4. The summed E-state index contributed by atoms with van der Waals surface area (Å²) in [6.45, 7) is 6.04. The van der Waals surface area contributed by atoms with Crippen molar-refractivity contribution in [2.24, 2.45) is 0 Å². The van der Waals surface area contributed by atoms with E-state index in [9.17, 15) is 4.79 Å². The van der Waals surface area contributed by atoms with Crippen LogP contribution in [0.2, 0.25) is 0 Å². The Hall–Kier alpha value is -2.43. The van der Waals surface area contributed by atoms with Crippen molar-refractivity contribution in [2.45, 2.75) is 39.7 Å². The molecule has 22 heavy (non-hydrogen) atoms. The topological polar surface area (TPSA) is 66.9 Å². The van der Waals surface area contributed by atoms with Gasteiger partial charge in [-0.05, 0) is 50.8 Å². The number of hydrogen-bond acceptors (Lipinski definition) is 4. The zero-order chi connectivity index (χ0) is 15.7. The highest BCUT2D eigenvalue weighted by atomic mass is 16.1. The Morgan fingerprint density at radius 2 is 1.86 bits per heavy atom. The lowest BCUT2D eigenvalue weighted by Crippen LogP contribution is -2.17. The Morgan fingerprint density at radius 3 is 2.50 bits per heavy atom. The van der Waals surface area contributed by atoms with Crippen LogP contribution in [0.4, 0.5) is 11.6 Å². The number of aryl methyl sites for hydroxylation is 3. The molecule has 1 saturated carbocycles. The second-order valence-electron chi connectivity index (χ2n) is 5.91. The molecule has 0 radical (unpaired) electrons.